The molecular formula is C11H10F3N3O. The van der Waals surface area contributed by atoms with E-state index in [1.807, 2.05) is 0 Å². The van der Waals surface area contributed by atoms with Gasteiger partial charge in [0, 0.05) is 6.07 Å². The third-order valence-electron chi connectivity index (χ3n) is 2.23. The maximum Gasteiger partial charge on any atom is 0.416 e. The monoisotopic (exact) mass is 257 g/mol. The summed E-state index contributed by atoms with van der Waals surface area (Å²) in [5.74, 6) is 0.678. The van der Waals surface area contributed by atoms with Crippen molar-refractivity contribution in [2.24, 2.45) is 0 Å². The highest BCUT2D eigenvalue weighted by Gasteiger charge is 2.29. The van der Waals surface area contributed by atoms with Crippen molar-refractivity contribution in [2.75, 3.05) is 5.73 Å². The van der Waals surface area contributed by atoms with E-state index in [4.69, 9.17) is 10.5 Å². The number of ether oxygens (including phenoxy) is 1. The summed E-state index contributed by atoms with van der Waals surface area (Å²) in [6.45, 7) is 0.162. The third kappa shape index (κ3) is 2.93. The Morgan fingerprint density at radius 1 is 1.22 bits per heavy atom. The van der Waals surface area contributed by atoms with Gasteiger partial charge in [-0.3, -0.25) is 5.10 Å². The molecule has 7 heteroatoms. The lowest BCUT2D eigenvalue weighted by Gasteiger charge is -2.08. The summed E-state index contributed by atoms with van der Waals surface area (Å²) in [4.78, 5) is 0. The lowest BCUT2D eigenvalue weighted by atomic mass is 10.2. The van der Waals surface area contributed by atoms with Crippen molar-refractivity contribution < 1.29 is 17.9 Å². The van der Waals surface area contributed by atoms with Crippen LogP contribution in [0.25, 0.3) is 0 Å². The Hall–Kier alpha value is -2.18. The van der Waals surface area contributed by atoms with Crippen LogP contribution in [-0.2, 0) is 12.8 Å². The van der Waals surface area contributed by atoms with E-state index in [9.17, 15) is 13.2 Å². The van der Waals surface area contributed by atoms with Crippen molar-refractivity contribution in [1.82, 2.24) is 10.2 Å². The van der Waals surface area contributed by atoms with Crippen LogP contribution in [0.4, 0.5) is 19.0 Å². The van der Waals surface area contributed by atoms with Crippen molar-refractivity contribution in [2.45, 2.75) is 12.8 Å². The second kappa shape index (κ2) is 4.59. The number of H-pyrrole nitrogens is 1. The molecule has 0 saturated heterocycles. The zero-order chi connectivity index (χ0) is 13.2. The molecule has 0 aliphatic rings. The van der Waals surface area contributed by atoms with E-state index >= 15 is 0 Å². The van der Waals surface area contributed by atoms with Gasteiger partial charge in [-0.25, -0.2) is 0 Å². The smallest absolute Gasteiger partial charge is 0.416 e. The van der Waals surface area contributed by atoms with E-state index in [0.717, 1.165) is 12.1 Å². The summed E-state index contributed by atoms with van der Waals surface area (Å²) in [7, 11) is 0. The summed E-state index contributed by atoms with van der Waals surface area (Å²) >= 11 is 0. The van der Waals surface area contributed by atoms with Gasteiger partial charge in [-0.05, 0) is 24.3 Å². The third-order valence-corrected chi connectivity index (χ3v) is 2.23. The summed E-state index contributed by atoms with van der Waals surface area (Å²) < 4.78 is 42.2. The molecule has 0 aliphatic heterocycles. The minimum atomic E-state index is -4.34. The summed E-state index contributed by atoms with van der Waals surface area (Å²) in [6.07, 6.45) is -4.34. The number of anilines is 1. The van der Waals surface area contributed by atoms with Crippen molar-refractivity contribution in [3.8, 4) is 5.75 Å². The first-order chi connectivity index (χ1) is 8.45. The molecule has 0 aliphatic carbocycles. The number of nitrogen functional groups attached to an aromatic ring is 1. The first kappa shape index (κ1) is 12.3. The molecule has 2 rings (SSSR count). The van der Waals surface area contributed by atoms with Crippen molar-refractivity contribution in [3.05, 3.63) is 41.6 Å². The zero-order valence-electron chi connectivity index (χ0n) is 9.16. The minimum Gasteiger partial charge on any atom is -0.487 e. The van der Waals surface area contributed by atoms with Gasteiger partial charge in [0.25, 0.3) is 0 Å². The maximum atomic E-state index is 12.3. The van der Waals surface area contributed by atoms with Gasteiger partial charge < -0.3 is 10.5 Å². The average Bonchev–Trinajstić information content (AvgIpc) is 2.72. The van der Waals surface area contributed by atoms with Crippen LogP contribution in [0, 0.1) is 0 Å². The van der Waals surface area contributed by atoms with Crippen molar-refractivity contribution >= 4 is 5.82 Å². The first-order valence-electron chi connectivity index (χ1n) is 5.05. The van der Waals surface area contributed by atoms with Gasteiger partial charge in [0.1, 0.15) is 18.2 Å². The number of hydrogen-bond acceptors (Lipinski definition) is 3. The van der Waals surface area contributed by atoms with E-state index in [2.05, 4.69) is 10.2 Å². The van der Waals surface area contributed by atoms with E-state index in [-0.39, 0.29) is 6.61 Å². The van der Waals surface area contributed by atoms with Crippen molar-refractivity contribution in [3.63, 3.8) is 0 Å². The Labute approximate surface area is 101 Å². The zero-order valence-corrected chi connectivity index (χ0v) is 9.16. The van der Waals surface area contributed by atoms with Crippen LogP contribution in [0.3, 0.4) is 0 Å². The highest BCUT2D eigenvalue weighted by molar-refractivity contribution is 5.30. The van der Waals surface area contributed by atoms with Crippen LogP contribution >= 0.6 is 0 Å². The van der Waals surface area contributed by atoms with Crippen molar-refractivity contribution in [1.29, 1.82) is 0 Å². The molecule has 0 fully saturated rings. The minimum absolute atomic E-state index is 0.162. The molecule has 18 heavy (non-hydrogen) atoms. The van der Waals surface area contributed by atoms with Crippen LogP contribution in [0.1, 0.15) is 11.3 Å². The van der Waals surface area contributed by atoms with Gasteiger partial charge >= 0.3 is 6.18 Å². The molecule has 0 atom stereocenters. The second-order valence-electron chi connectivity index (χ2n) is 3.63. The number of nitrogens with zero attached hydrogens (tertiary/aromatic N) is 1. The summed E-state index contributed by atoms with van der Waals surface area (Å²) in [5.41, 5.74) is 5.33. The quantitative estimate of drug-likeness (QED) is 0.888. The predicted octanol–water partition coefficient (Wildman–Crippen LogP) is 2.59. The standard InChI is InChI=1S/C11H10F3N3O/c12-11(13,14)7-1-3-9(4-2-7)18-6-8-5-10(15)17-16-8/h1-5H,6H2,(H3,15,16,17). The maximum absolute atomic E-state index is 12.3. The van der Waals surface area contributed by atoms with Gasteiger partial charge in [0.05, 0.1) is 11.3 Å². The van der Waals surface area contributed by atoms with Crippen LogP contribution in [0.2, 0.25) is 0 Å². The molecule has 0 saturated carbocycles. The normalized spacial score (nSPS) is 11.5. The number of hydrogen-bond donors (Lipinski definition) is 2. The number of aromatic amines is 1. The Bertz CT molecular complexity index is 519. The SMILES string of the molecule is Nc1cc(COc2ccc(C(F)(F)F)cc2)[nH]n1. The number of nitrogens with two attached hydrogens (primary N) is 1. The second-order valence-corrected chi connectivity index (χ2v) is 3.63. The molecule has 0 amide bonds. The van der Waals surface area contributed by atoms with Gasteiger partial charge in [0.15, 0.2) is 0 Å². The van der Waals surface area contributed by atoms with Crippen LogP contribution in [0.15, 0.2) is 30.3 Å². The summed E-state index contributed by atoms with van der Waals surface area (Å²) in [5, 5.41) is 6.33. The average molecular weight is 257 g/mol. The molecule has 0 bridgehead atoms. The largest absolute Gasteiger partial charge is 0.487 e. The Morgan fingerprint density at radius 3 is 2.39 bits per heavy atom. The molecule has 1 aromatic carbocycles. The van der Waals surface area contributed by atoms with Crippen LogP contribution in [0.5, 0.6) is 5.75 Å². The number of nitrogens with one attached hydrogen (secondary N) is 1. The predicted molar refractivity (Wildman–Crippen MR) is 58.8 cm³/mol. The highest BCUT2D eigenvalue weighted by Crippen LogP contribution is 2.30. The van der Waals surface area contributed by atoms with E-state index < -0.39 is 11.7 Å². The molecule has 4 nitrogen and oxygen atoms in total. The molecule has 3 N–H and O–H groups in total. The van der Waals surface area contributed by atoms with E-state index in [1.54, 1.807) is 6.07 Å². The number of aromatic nitrogens is 2. The lowest BCUT2D eigenvalue weighted by molar-refractivity contribution is -0.137. The number of alkyl halides is 3. The lowest BCUT2D eigenvalue weighted by Crippen LogP contribution is -2.04. The van der Waals surface area contributed by atoms with Gasteiger partial charge in [-0.1, -0.05) is 0 Å². The molecule has 0 unspecified atom stereocenters. The van der Waals surface area contributed by atoms with Crippen LogP contribution < -0.4 is 10.5 Å². The number of rotatable bonds is 3. The van der Waals surface area contributed by atoms with E-state index in [1.165, 1.54) is 12.1 Å². The number of benzene rings is 1. The van der Waals surface area contributed by atoms with Crippen LogP contribution in [-0.4, -0.2) is 10.2 Å². The summed E-state index contributed by atoms with van der Waals surface area (Å²) in [6, 6.07) is 6.06. The van der Waals surface area contributed by atoms with Gasteiger partial charge in [0.2, 0.25) is 0 Å². The van der Waals surface area contributed by atoms with Gasteiger partial charge in [-0.2, -0.15) is 18.3 Å². The fraction of sp³-hybridized carbons (Fsp3) is 0.182. The topological polar surface area (TPSA) is 63.9 Å². The molecule has 2 aromatic rings. The molecule has 1 aromatic heterocycles. The highest BCUT2D eigenvalue weighted by atomic mass is 19.4. The van der Waals surface area contributed by atoms with Gasteiger partial charge in [-0.15, -0.1) is 0 Å². The molecule has 0 spiro atoms. The molecule has 0 radical (unpaired) electrons. The Balaban J connectivity index is 1.98. The molecular weight excluding hydrogens is 247 g/mol. The fourth-order valence-corrected chi connectivity index (χ4v) is 1.35. The number of halogens is 3. The molecule has 1 heterocycles. The fourth-order valence-electron chi connectivity index (χ4n) is 1.35. The van der Waals surface area contributed by atoms with E-state index in [0.29, 0.717) is 17.3 Å². The molecule has 96 valence electrons. The Kier molecular flexibility index (Phi) is 3.14. The Morgan fingerprint density at radius 2 is 1.89 bits per heavy atom. The first-order valence-corrected chi connectivity index (χ1v) is 5.05.